The summed E-state index contributed by atoms with van der Waals surface area (Å²) >= 11 is 0. The van der Waals surface area contributed by atoms with Crippen LogP contribution in [0.3, 0.4) is 0 Å². The van der Waals surface area contributed by atoms with Crippen molar-refractivity contribution in [1.29, 1.82) is 0 Å². The molecular weight excluding hydrogens is 350 g/mol. The molecule has 4 heterocycles. The first-order chi connectivity index (χ1) is 13.6. The molecule has 0 atom stereocenters. The first-order valence-corrected chi connectivity index (χ1v) is 9.97. The van der Waals surface area contributed by atoms with Crippen molar-refractivity contribution in [2.24, 2.45) is 0 Å². The second-order valence-corrected chi connectivity index (χ2v) is 7.13. The molecule has 0 unspecified atom stereocenters. The van der Waals surface area contributed by atoms with E-state index in [1.807, 2.05) is 12.1 Å². The second kappa shape index (κ2) is 7.67. The Bertz CT molecular complexity index is 1090. The summed E-state index contributed by atoms with van der Waals surface area (Å²) in [6.07, 6.45) is 6.40. The summed E-state index contributed by atoms with van der Waals surface area (Å²) < 4.78 is 4.11. The summed E-state index contributed by atoms with van der Waals surface area (Å²) in [6.45, 7) is 13.0. The second-order valence-electron chi connectivity index (χ2n) is 7.13. The van der Waals surface area contributed by atoms with E-state index in [4.69, 9.17) is 9.97 Å². The predicted octanol–water partition coefficient (Wildman–Crippen LogP) is 3.49. The van der Waals surface area contributed by atoms with Crippen molar-refractivity contribution >= 4 is 16.7 Å². The van der Waals surface area contributed by atoms with Gasteiger partial charge in [0.1, 0.15) is 12.0 Å². The minimum atomic E-state index is 0.697. The molecule has 0 saturated heterocycles. The van der Waals surface area contributed by atoms with E-state index in [0.717, 1.165) is 54.8 Å². The van der Waals surface area contributed by atoms with Crippen LogP contribution in [0.2, 0.25) is 0 Å². The Morgan fingerprint density at radius 2 is 1.79 bits per heavy atom. The molecule has 0 fully saturated rings. The molecule has 7 nitrogen and oxygen atoms in total. The summed E-state index contributed by atoms with van der Waals surface area (Å²) in [6, 6.07) is 3.85. The maximum atomic E-state index is 4.82. The SMILES string of the molecule is CCN(CC)CCCn1c(C)c(C)c2c1ncn1nc(-c3ccncc3)nc21. The fourth-order valence-electron chi connectivity index (χ4n) is 3.82. The lowest BCUT2D eigenvalue weighted by molar-refractivity contribution is 0.293. The van der Waals surface area contributed by atoms with Crippen molar-refractivity contribution in [3.8, 4) is 11.4 Å². The van der Waals surface area contributed by atoms with Crippen LogP contribution in [0.25, 0.3) is 28.1 Å². The molecule has 4 aromatic rings. The van der Waals surface area contributed by atoms with Gasteiger partial charge in [-0.05, 0) is 57.6 Å². The average Bonchev–Trinajstić information content (AvgIpc) is 3.26. The summed E-state index contributed by atoms with van der Waals surface area (Å²) in [5.74, 6) is 0.697. The van der Waals surface area contributed by atoms with Crippen LogP contribution in [0.15, 0.2) is 30.9 Å². The van der Waals surface area contributed by atoms with E-state index in [1.54, 1.807) is 23.2 Å². The molecule has 0 N–H and O–H groups in total. The molecule has 28 heavy (non-hydrogen) atoms. The van der Waals surface area contributed by atoms with E-state index in [-0.39, 0.29) is 0 Å². The number of aromatic nitrogens is 6. The highest BCUT2D eigenvalue weighted by Gasteiger charge is 2.18. The standard InChI is InChI=1S/C21H27N7/c1-5-26(6-2)12-7-13-27-16(4)15(3)18-20(27)23-14-28-21(18)24-19(25-28)17-8-10-22-11-9-17/h8-11,14H,5-7,12-13H2,1-4H3. The Labute approximate surface area is 165 Å². The number of aryl methyl sites for hydroxylation is 2. The van der Waals surface area contributed by atoms with E-state index >= 15 is 0 Å². The fraction of sp³-hybridized carbons (Fsp3) is 0.429. The third kappa shape index (κ3) is 3.16. The third-order valence-electron chi connectivity index (χ3n) is 5.64. The first-order valence-electron chi connectivity index (χ1n) is 9.97. The van der Waals surface area contributed by atoms with Crippen LogP contribution in [0.1, 0.15) is 31.5 Å². The molecule has 0 aliphatic carbocycles. The summed E-state index contributed by atoms with van der Waals surface area (Å²) in [5.41, 5.74) is 5.30. The zero-order valence-corrected chi connectivity index (χ0v) is 17.1. The number of hydrogen-bond acceptors (Lipinski definition) is 5. The maximum Gasteiger partial charge on any atom is 0.182 e. The average molecular weight is 377 g/mol. The third-order valence-corrected chi connectivity index (χ3v) is 5.64. The van der Waals surface area contributed by atoms with Gasteiger partial charge in [0, 0.05) is 30.2 Å². The van der Waals surface area contributed by atoms with Crippen LogP contribution < -0.4 is 0 Å². The molecule has 0 radical (unpaired) electrons. The van der Waals surface area contributed by atoms with Gasteiger partial charge in [0.2, 0.25) is 0 Å². The molecule has 0 saturated carbocycles. The molecule has 4 aromatic heterocycles. The van der Waals surface area contributed by atoms with E-state index in [1.165, 1.54) is 11.3 Å². The van der Waals surface area contributed by atoms with Crippen molar-refractivity contribution in [3.63, 3.8) is 0 Å². The van der Waals surface area contributed by atoms with Crippen molar-refractivity contribution < 1.29 is 0 Å². The normalized spacial score (nSPS) is 11.9. The summed E-state index contributed by atoms with van der Waals surface area (Å²) in [7, 11) is 0. The molecule has 0 aromatic carbocycles. The van der Waals surface area contributed by atoms with Crippen LogP contribution in [-0.2, 0) is 6.54 Å². The van der Waals surface area contributed by atoms with Gasteiger partial charge in [-0.25, -0.2) is 14.5 Å². The lowest BCUT2D eigenvalue weighted by atomic mass is 10.2. The van der Waals surface area contributed by atoms with Gasteiger partial charge in [-0.1, -0.05) is 13.8 Å². The quantitative estimate of drug-likeness (QED) is 0.493. The molecule has 4 rings (SSSR count). The molecule has 0 amide bonds. The van der Waals surface area contributed by atoms with Gasteiger partial charge in [-0.2, -0.15) is 0 Å². The Morgan fingerprint density at radius 3 is 2.50 bits per heavy atom. The first kappa shape index (κ1) is 18.6. The van der Waals surface area contributed by atoms with Gasteiger partial charge in [0.25, 0.3) is 0 Å². The van der Waals surface area contributed by atoms with Crippen LogP contribution in [0.4, 0.5) is 0 Å². The Morgan fingerprint density at radius 1 is 1.04 bits per heavy atom. The van der Waals surface area contributed by atoms with E-state index in [0.29, 0.717) is 5.82 Å². The molecule has 0 bridgehead atoms. The van der Waals surface area contributed by atoms with Gasteiger partial charge in [0.15, 0.2) is 11.5 Å². The highest BCUT2D eigenvalue weighted by molar-refractivity contribution is 5.94. The largest absolute Gasteiger partial charge is 0.329 e. The van der Waals surface area contributed by atoms with Crippen molar-refractivity contribution in [2.45, 2.75) is 40.7 Å². The van der Waals surface area contributed by atoms with Crippen molar-refractivity contribution in [2.75, 3.05) is 19.6 Å². The van der Waals surface area contributed by atoms with Gasteiger partial charge in [-0.3, -0.25) is 4.98 Å². The van der Waals surface area contributed by atoms with Crippen molar-refractivity contribution in [1.82, 2.24) is 34.0 Å². The van der Waals surface area contributed by atoms with E-state index < -0.39 is 0 Å². The Balaban J connectivity index is 1.74. The van der Waals surface area contributed by atoms with Gasteiger partial charge in [0.05, 0.1) is 5.39 Å². The summed E-state index contributed by atoms with van der Waals surface area (Å²) in [4.78, 5) is 16.1. The minimum absolute atomic E-state index is 0.697. The van der Waals surface area contributed by atoms with Crippen LogP contribution >= 0.6 is 0 Å². The molecular formula is C21H27N7. The summed E-state index contributed by atoms with van der Waals surface area (Å²) in [5, 5.41) is 5.71. The topological polar surface area (TPSA) is 64.1 Å². The van der Waals surface area contributed by atoms with E-state index in [9.17, 15) is 0 Å². The van der Waals surface area contributed by atoms with Gasteiger partial charge >= 0.3 is 0 Å². The zero-order chi connectivity index (χ0) is 19.7. The lowest BCUT2D eigenvalue weighted by Gasteiger charge is -2.18. The number of hydrogen-bond donors (Lipinski definition) is 0. The number of pyridine rings is 1. The van der Waals surface area contributed by atoms with Crippen LogP contribution in [0, 0.1) is 13.8 Å². The smallest absolute Gasteiger partial charge is 0.182 e. The number of nitrogens with zero attached hydrogens (tertiary/aromatic N) is 7. The Kier molecular flexibility index (Phi) is 5.09. The molecule has 0 aliphatic heterocycles. The fourth-order valence-corrected chi connectivity index (χ4v) is 3.82. The molecule has 0 spiro atoms. The Hall–Kier alpha value is -2.80. The van der Waals surface area contributed by atoms with Gasteiger partial charge < -0.3 is 9.47 Å². The lowest BCUT2D eigenvalue weighted by Crippen LogP contribution is -2.25. The maximum absolute atomic E-state index is 4.82. The van der Waals surface area contributed by atoms with Crippen LogP contribution in [0.5, 0.6) is 0 Å². The van der Waals surface area contributed by atoms with E-state index in [2.05, 4.69) is 47.2 Å². The predicted molar refractivity (Wildman–Crippen MR) is 111 cm³/mol. The number of fused-ring (bicyclic) bond motifs is 3. The monoisotopic (exact) mass is 377 g/mol. The minimum Gasteiger partial charge on any atom is -0.329 e. The van der Waals surface area contributed by atoms with Crippen LogP contribution in [-0.4, -0.2) is 53.7 Å². The molecule has 146 valence electrons. The van der Waals surface area contributed by atoms with Crippen molar-refractivity contribution in [3.05, 3.63) is 42.1 Å². The number of rotatable bonds is 7. The zero-order valence-electron chi connectivity index (χ0n) is 17.1. The van der Waals surface area contributed by atoms with Gasteiger partial charge in [-0.15, -0.1) is 5.10 Å². The highest BCUT2D eigenvalue weighted by atomic mass is 15.3. The highest BCUT2D eigenvalue weighted by Crippen LogP contribution is 2.28. The molecule has 0 aliphatic rings. The molecule has 7 heteroatoms.